The molecule has 3 aromatic carbocycles. The summed E-state index contributed by atoms with van der Waals surface area (Å²) < 4.78 is 11.3. The summed E-state index contributed by atoms with van der Waals surface area (Å²) in [6.07, 6.45) is 3.84. The summed E-state index contributed by atoms with van der Waals surface area (Å²) >= 11 is 0. The van der Waals surface area contributed by atoms with Gasteiger partial charge in [0.05, 0.1) is 19.1 Å². The number of hydrogen-bond donors (Lipinski definition) is 1. The van der Waals surface area contributed by atoms with Crippen molar-refractivity contribution in [2.24, 2.45) is 5.92 Å². The van der Waals surface area contributed by atoms with E-state index in [1.54, 1.807) is 7.11 Å². The fourth-order valence-electron chi connectivity index (χ4n) is 4.54. The van der Waals surface area contributed by atoms with Gasteiger partial charge in [-0.25, -0.2) is 0 Å². The third-order valence-electron chi connectivity index (χ3n) is 6.24. The number of benzene rings is 3. The molecule has 0 heterocycles. The molecule has 0 aliphatic heterocycles. The number of fused-ring (bicyclic) bond motifs is 1. The van der Waals surface area contributed by atoms with E-state index in [1.165, 1.54) is 0 Å². The average molecular weight is 418 g/mol. The predicted octanol–water partition coefficient (Wildman–Crippen LogP) is 6.33. The molecule has 1 N–H and O–H groups in total. The zero-order valence-corrected chi connectivity index (χ0v) is 18.6. The summed E-state index contributed by atoms with van der Waals surface area (Å²) in [7, 11) is 1.66. The van der Waals surface area contributed by atoms with E-state index in [2.05, 4.69) is 25.2 Å². The van der Waals surface area contributed by atoms with E-state index in [4.69, 9.17) is 9.47 Å². The lowest BCUT2D eigenvalue weighted by Gasteiger charge is -2.29. The van der Waals surface area contributed by atoms with Crippen LogP contribution in [0.25, 0.3) is 10.8 Å². The quantitative estimate of drug-likeness (QED) is 0.488. The van der Waals surface area contributed by atoms with Gasteiger partial charge in [0.1, 0.15) is 11.5 Å². The lowest BCUT2D eigenvalue weighted by atomic mass is 9.78. The fraction of sp³-hybridized carbons (Fsp3) is 0.370. The van der Waals surface area contributed by atoms with Crippen molar-refractivity contribution in [2.45, 2.75) is 44.9 Å². The second kappa shape index (κ2) is 9.01. The molecule has 0 saturated heterocycles. The number of methoxy groups -OCH3 is 1. The molecule has 1 aliphatic carbocycles. The summed E-state index contributed by atoms with van der Waals surface area (Å²) in [5.41, 5.74) is 1.39. The molecule has 4 nitrogen and oxygen atoms in total. The Morgan fingerprint density at radius 2 is 1.65 bits per heavy atom. The number of ether oxygens (including phenoxy) is 2. The molecule has 0 radical (unpaired) electrons. The van der Waals surface area contributed by atoms with E-state index >= 15 is 0 Å². The maximum Gasteiger partial charge on any atom is 0.235 e. The highest BCUT2D eigenvalue weighted by Gasteiger charge is 2.42. The second-order valence-electron chi connectivity index (χ2n) is 8.83. The molecule has 31 heavy (non-hydrogen) atoms. The van der Waals surface area contributed by atoms with Crippen molar-refractivity contribution < 1.29 is 14.3 Å². The third-order valence-corrected chi connectivity index (χ3v) is 6.24. The molecule has 0 aromatic heterocycles. The third kappa shape index (κ3) is 4.25. The minimum absolute atomic E-state index is 0.0659. The van der Waals surface area contributed by atoms with Gasteiger partial charge in [0.25, 0.3) is 0 Å². The van der Waals surface area contributed by atoms with Crippen molar-refractivity contribution in [2.75, 3.05) is 19.0 Å². The number of rotatable bonds is 7. The molecule has 1 saturated carbocycles. The van der Waals surface area contributed by atoms with Gasteiger partial charge in [-0.3, -0.25) is 4.79 Å². The lowest BCUT2D eigenvalue weighted by molar-refractivity contribution is -0.121. The number of carbonyl (C=O) groups excluding carboxylic acids is 1. The van der Waals surface area contributed by atoms with Crippen molar-refractivity contribution in [3.63, 3.8) is 0 Å². The van der Waals surface area contributed by atoms with E-state index < -0.39 is 5.41 Å². The first kappa shape index (κ1) is 21.2. The van der Waals surface area contributed by atoms with Gasteiger partial charge < -0.3 is 14.8 Å². The Balaban J connectivity index is 1.66. The zero-order chi connectivity index (χ0) is 21.8. The van der Waals surface area contributed by atoms with E-state index in [0.29, 0.717) is 12.5 Å². The SMILES string of the molecule is COc1ccc(C2(C(=O)Nc3ccc(OCC(C)C)c4ccccc34)CCCC2)cc1. The summed E-state index contributed by atoms with van der Waals surface area (Å²) in [5, 5.41) is 5.28. The van der Waals surface area contributed by atoms with Gasteiger partial charge in [-0.2, -0.15) is 0 Å². The summed E-state index contributed by atoms with van der Waals surface area (Å²) in [6, 6.07) is 20.0. The van der Waals surface area contributed by atoms with Gasteiger partial charge in [0.2, 0.25) is 5.91 Å². The molecular formula is C27H31NO3. The van der Waals surface area contributed by atoms with Crippen LogP contribution in [0.15, 0.2) is 60.7 Å². The average Bonchev–Trinajstić information content (AvgIpc) is 3.30. The summed E-state index contributed by atoms with van der Waals surface area (Å²) in [5.74, 6) is 2.18. The molecule has 0 atom stereocenters. The molecular weight excluding hydrogens is 386 g/mol. The van der Waals surface area contributed by atoms with Crippen molar-refractivity contribution in [3.05, 3.63) is 66.2 Å². The van der Waals surface area contributed by atoms with Crippen molar-refractivity contribution in [1.29, 1.82) is 0 Å². The summed E-state index contributed by atoms with van der Waals surface area (Å²) in [4.78, 5) is 13.7. The minimum atomic E-state index is -0.500. The van der Waals surface area contributed by atoms with Crippen molar-refractivity contribution in [1.82, 2.24) is 0 Å². The van der Waals surface area contributed by atoms with Crippen LogP contribution in [0.1, 0.15) is 45.1 Å². The van der Waals surface area contributed by atoms with Gasteiger partial charge in [-0.05, 0) is 48.6 Å². The first-order chi connectivity index (χ1) is 15.0. The second-order valence-corrected chi connectivity index (χ2v) is 8.83. The largest absolute Gasteiger partial charge is 0.497 e. The Morgan fingerprint density at radius 3 is 2.29 bits per heavy atom. The molecule has 3 aromatic rings. The van der Waals surface area contributed by atoms with E-state index in [9.17, 15) is 4.79 Å². The Hall–Kier alpha value is -3.01. The maximum atomic E-state index is 13.7. The molecule has 4 rings (SSSR count). The molecule has 0 unspecified atom stereocenters. The maximum absolute atomic E-state index is 13.7. The molecule has 1 fully saturated rings. The van der Waals surface area contributed by atoms with Gasteiger partial charge in [0, 0.05) is 16.5 Å². The normalized spacial score (nSPS) is 15.2. The number of carbonyl (C=O) groups is 1. The van der Waals surface area contributed by atoms with Crippen LogP contribution in [0.2, 0.25) is 0 Å². The minimum Gasteiger partial charge on any atom is -0.497 e. The Labute approximate surface area is 184 Å². The molecule has 0 spiro atoms. The Bertz CT molecular complexity index is 1050. The van der Waals surface area contributed by atoms with Crippen molar-refractivity contribution in [3.8, 4) is 11.5 Å². The van der Waals surface area contributed by atoms with Crippen LogP contribution in [0.3, 0.4) is 0 Å². The smallest absolute Gasteiger partial charge is 0.235 e. The first-order valence-electron chi connectivity index (χ1n) is 11.1. The number of amides is 1. The first-order valence-corrected chi connectivity index (χ1v) is 11.1. The molecule has 1 amide bonds. The van der Waals surface area contributed by atoms with Crippen LogP contribution < -0.4 is 14.8 Å². The number of nitrogens with one attached hydrogen (secondary N) is 1. The lowest BCUT2D eigenvalue weighted by Crippen LogP contribution is -2.38. The van der Waals surface area contributed by atoms with Gasteiger partial charge in [0.15, 0.2) is 0 Å². The van der Waals surface area contributed by atoms with E-state index in [-0.39, 0.29) is 5.91 Å². The van der Waals surface area contributed by atoms with E-state index in [1.807, 2.05) is 54.6 Å². The van der Waals surface area contributed by atoms with Gasteiger partial charge in [-0.1, -0.05) is 63.1 Å². The van der Waals surface area contributed by atoms with Crippen LogP contribution in [-0.2, 0) is 10.2 Å². The summed E-state index contributed by atoms with van der Waals surface area (Å²) in [6.45, 7) is 4.93. The highest BCUT2D eigenvalue weighted by atomic mass is 16.5. The molecule has 0 bridgehead atoms. The van der Waals surface area contributed by atoms with Crippen LogP contribution in [0.5, 0.6) is 11.5 Å². The molecule has 1 aliphatic rings. The number of anilines is 1. The van der Waals surface area contributed by atoms with Gasteiger partial charge >= 0.3 is 0 Å². The van der Waals surface area contributed by atoms with Crippen LogP contribution in [0.4, 0.5) is 5.69 Å². The van der Waals surface area contributed by atoms with E-state index in [0.717, 1.165) is 59.2 Å². The Morgan fingerprint density at radius 1 is 0.968 bits per heavy atom. The van der Waals surface area contributed by atoms with Crippen LogP contribution >= 0.6 is 0 Å². The van der Waals surface area contributed by atoms with Crippen LogP contribution in [-0.4, -0.2) is 19.6 Å². The highest BCUT2D eigenvalue weighted by Crippen LogP contribution is 2.43. The standard InChI is InChI=1S/C27H31NO3/c1-19(2)18-31-25-15-14-24(22-8-4-5-9-23(22)25)28-26(29)27(16-6-7-17-27)20-10-12-21(30-3)13-11-20/h4-5,8-15,19H,6-7,16-18H2,1-3H3,(H,28,29). The van der Waals surface area contributed by atoms with Crippen molar-refractivity contribution >= 4 is 22.4 Å². The number of hydrogen-bond acceptors (Lipinski definition) is 3. The van der Waals surface area contributed by atoms with Crippen LogP contribution in [0, 0.1) is 5.92 Å². The zero-order valence-electron chi connectivity index (χ0n) is 18.6. The highest BCUT2D eigenvalue weighted by molar-refractivity contribution is 6.07. The Kier molecular flexibility index (Phi) is 6.17. The topological polar surface area (TPSA) is 47.6 Å². The molecule has 4 heteroatoms. The fourth-order valence-corrected chi connectivity index (χ4v) is 4.54. The predicted molar refractivity (Wildman–Crippen MR) is 126 cm³/mol. The van der Waals surface area contributed by atoms with Gasteiger partial charge in [-0.15, -0.1) is 0 Å². The monoisotopic (exact) mass is 417 g/mol. The molecule has 162 valence electrons.